The van der Waals surface area contributed by atoms with Crippen molar-refractivity contribution in [3.63, 3.8) is 0 Å². The van der Waals surface area contributed by atoms with Gasteiger partial charge in [0, 0.05) is 21.9 Å². The average Bonchev–Trinajstić information content (AvgIpc) is 3.16. The van der Waals surface area contributed by atoms with Crippen molar-refractivity contribution in [1.82, 2.24) is 4.98 Å². The smallest absolute Gasteiger partial charge is 0.257 e. The van der Waals surface area contributed by atoms with Crippen LogP contribution in [0.1, 0.15) is 26.5 Å². The number of carbonyl (C=O) groups excluding carboxylic acids is 1. The lowest BCUT2D eigenvalue weighted by Crippen LogP contribution is -2.14. The molecule has 1 aliphatic rings. The molecule has 0 unspecified atom stereocenters. The maximum atomic E-state index is 12.6. The summed E-state index contributed by atoms with van der Waals surface area (Å²) in [7, 11) is 0. The lowest BCUT2D eigenvalue weighted by Gasteiger charge is -2.08. The first-order chi connectivity index (χ1) is 11.1. The fourth-order valence-electron chi connectivity index (χ4n) is 2.10. The Bertz CT molecular complexity index is 735. The first-order valence-electron chi connectivity index (χ1n) is 7.27. The third kappa shape index (κ3) is 4.16. The van der Waals surface area contributed by atoms with E-state index in [1.54, 1.807) is 23.5 Å². The van der Waals surface area contributed by atoms with Crippen LogP contribution in [0.4, 0.5) is 5.13 Å². The number of thiazole rings is 1. The van der Waals surface area contributed by atoms with Gasteiger partial charge in [-0.2, -0.15) is 0 Å². The van der Waals surface area contributed by atoms with Gasteiger partial charge in [0.25, 0.3) is 5.91 Å². The highest BCUT2D eigenvalue weighted by molar-refractivity contribution is 8.38. The molecule has 0 saturated carbocycles. The molecule has 0 saturated heterocycles. The number of aryl methyl sites for hydroxylation is 2. The van der Waals surface area contributed by atoms with Gasteiger partial charge in [-0.15, -0.1) is 11.3 Å². The molecule has 2 heterocycles. The van der Waals surface area contributed by atoms with Gasteiger partial charge in [0.15, 0.2) is 5.13 Å². The Hall–Kier alpha value is -1.31. The van der Waals surface area contributed by atoms with Crippen LogP contribution >= 0.6 is 34.9 Å². The van der Waals surface area contributed by atoms with Crippen molar-refractivity contribution in [3.05, 3.63) is 46.0 Å². The Kier molecular flexibility index (Phi) is 5.40. The number of hydrogen-bond acceptors (Lipinski definition) is 6. The molecule has 1 aliphatic heterocycles. The highest BCUT2D eigenvalue weighted by Gasteiger charge is 2.15. The van der Waals surface area contributed by atoms with E-state index in [-0.39, 0.29) is 5.91 Å². The second kappa shape index (κ2) is 7.51. The van der Waals surface area contributed by atoms with E-state index in [4.69, 9.17) is 0 Å². The van der Waals surface area contributed by atoms with Crippen LogP contribution in [0.3, 0.4) is 0 Å². The van der Waals surface area contributed by atoms with E-state index in [0.29, 0.717) is 10.7 Å². The van der Waals surface area contributed by atoms with E-state index >= 15 is 0 Å². The van der Waals surface area contributed by atoms with Gasteiger partial charge in [0.05, 0.1) is 12.2 Å². The third-order valence-electron chi connectivity index (χ3n) is 3.42. The highest BCUT2D eigenvalue weighted by atomic mass is 32.2. The summed E-state index contributed by atoms with van der Waals surface area (Å²) in [5, 5.41) is 3.57. The summed E-state index contributed by atoms with van der Waals surface area (Å²) in [6, 6.07) is 7.72. The zero-order valence-electron chi connectivity index (χ0n) is 13.0. The van der Waals surface area contributed by atoms with Gasteiger partial charge in [-0.05, 0) is 25.5 Å². The molecule has 0 atom stereocenters. The Balaban J connectivity index is 1.72. The number of aromatic nitrogens is 1. The zero-order chi connectivity index (χ0) is 16.2. The van der Waals surface area contributed by atoms with Crippen LogP contribution in [0, 0.1) is 13.8 Å². The molecule has 7 heteroatoms. The maximum absolute atomic E-state index is 12.6. The maximum Gasteiger partial charge on any atom is 0.257 e. The number of amides is 1. The summed E-state index contributed by atoms with van der Waals surface area (Å²) in [5.74, 6) is 1.72. The number of nitrogens with one attached hydrogen (secondary N) is 1. The number of nitrogens with zero attached hydrogens (tertiary/aromatic N) is 2. The van der Waals surface area contributed by atoms with Gasteiger partial charge in [0.2, 0.25) is 0 Å². The minimum atomic E-state index is -0.101. The molecular formula is C16H17N3OS3. The van der Waals surface area contributed by atoms with Crippen LogP contribution in [0.2, 0.25) is 0 Å². The molecule has 0 aliphatic carbocycles. The van der Waals surface area contributed by atoms with E-state index in [1.807, 2.05) is 38.1 Å². The van der Waals surface area contributed by atoms with Gasteiger partial charge in [-0.25, -0.2) is 4.98 Å². The van der Waals surface area contributed by atoms with Crippen molar-refractivity contribution in [2.75, 3.05) is 17.6 Å². The van der Waals surface area contributed by atoms with Gasteiger partial charge < -0.3 is 0 Å². The monoisotopic (exact) mass is 363 g/mol. The Morgan fingerprint density at radius 3 is 2.87 bits per heavy atom. The summed E-state index contributed by atoms with van der Waals surface area (Å²) in [6.07, 6.45) is 0. The second-order valence-electron chi connectivity index (χ2n) is 5.06. The molecule has 1 amide bonds. The van der Waals surface area contributed by atoms with E-state index in [9.17, 15) is 4.79 Å². The molecule has 1 aromatic heterocycles. The van der Waals surface area contributed by atoms with Crippen molar-refractivity contribution in [3.8, 4) is 0 Å². The second-order valence-corrected chi connectivity index (χ2v) is 8.57. The van der Waals surface area contributed by atoms with Crippen LogP contribution in [-0.4, -0.2) is 27.6 Å². The Morgan fingerprint density at radius 1 is 1.35 bits per heavy atom. The summed E-state index contributed by atoms with van der Waals surface area (Å²) in [4.78, 5) is 22.5. The first kappa shape index (κ1) is 16.5. The van der Waals surface area contributed by atoms with Gasteiger partial charge in [0.1, 0.15) is 4.38 Å². The number of carbonyl (C=O) groups is 1. The van der Waals surface area contributed by atoms with E-state index < -0.39 is 0 Å². The minimum Gasteiger partial charge on any atom is -0.298 e. The van der Waals surface area contributed by atoms with Crippen molar-refractivity contribution in [2.45, 2.75) is 19.6 Å². The summed E-state index contributed by atoms with van der Waals surface area (Å²) in [5.41, 5.74) is 2.69. The molecule has 1 aromatic carbocycles. The van der Waals surface area contributed by atoms with Gasteiger partial charge in [-0.1, -0.05) is 41.7 Å². The number of rotatable bonds is 4. The molecule has 0 radical (unpaired) electrons. The van der Waals surface area contributed by atoms with Crippen LogP contribution in [-0.2, 0) is 5.75 Å². The number of anilines is 1. The highest BCUT2D eigenvalue weighted by Crippen LogP contribution is 2.27. The van der Waals surface area contributed by atoms with Crippen LogP contribution in [0.5, 0.6) is 0 Å². The van der Waals surface area contributed by atoms with Crippen molar-refractivity contribution in [1.29, 1.82) is 0 Å². The quantitative estimate of drug-likeness (QED) is 0.877. The van der Waals surface area contributed by atoms with Gasteiger partial charge in [-0.3, -0.25) is 15.1 Å². The van der Waals surface area contributed by atoms with Crippen molar-refractivity contribution < 1.29 is 4.79 Å². The molecular weight excluding hydrogens is 346 g/mol. The molecule has 0 spiro atoms. The molecule has 4 nitrogen and oxygen atoms in total. The molecule has 120 valence electrons. The molecule has 0 bridgehead atoms. The standard InChI is InChI=1S/C16H17N3OS3/c1-10-11(2)23-15(18-10)19-14(20)13-6-4-3-5-12(13)9-22-16-17-7-8-21-16/h3-6H,7-9H2,1-2H3,(H,18,19,20). The summed E-state index contributed by atoms with van der Waals surface area (Å²) in [6.45, 7) is 4.86. The third-order valence-corrected chi connectivity index (χ3v) is 6.71. The fourth-order valence-corrected chi connectivity index (χ4v) is 4.92. The fraction of sp³-hybridized carbons (Fsp3) is 0.312. The normalized spacial score (nSPS) is 13.9. The molecule has 1 N–H and O–H groups in total. The SMILES string of the molecule is Cc1nc(NC(=O)c2ccccc2CSC2=NCCS2)sc1C. The van der Waals surface area contributed by atoms with Crippen molar-refractivity contribution in [2.24, 2.45) is 4.99 Å². The lowest BCUT2D eigenvalue weighted by atomic mass is 10.1. The van der Waals surface area contributed by atoms with E-state index in [2.05, 4.69) is 15.3 Å². The Labute approximate surface area is 148 Å². The number of thioether (sulfide) groups is 2. The zero-order valence-corrected chi connectivity index (χ0v) is 15.4. The van der Waals surface area contributed by atoms with Crippen molar-refractivity contribution >= 4 is 50.3 Å². The van der Waals surface area contributed by atoms with Crippen LogP contribution < -0.4 is 5.32 Å². The number of hydrogen-bond donors (Lipinski definition) is 1. The topological polar surface area (TPSA) is 54.4 Å². The minimum absolute atomic E-state index is 0.101. The molecule has 0 fully saturated rings. The summed E-state index contributed by atoms with van der Waals surface area (Å²) < 4.78 is 1.12. The number of aliphatic imine (C=N–C) groups is 1. The average molecular weight is 364 g/mol. The molecule has 2 aromatic rings. The predicted molar refractivity (Wildman–Crippen MR) is 102 cm³/mol. The lowest BCUT2D eigenvalue weighted by molar-refractivity contribution is 0.102. The molecule has 3 rings (SSSR count). The predicted octanol–water partition coefficient (Wildman–Crippen LogP) is 4.35. The van der Waals surface area contributed by atoms with Crippen LogP contribution in [0.15, 0.2) is 29.3 Å². The largest absolute Gasteiger partial charge is 0.298 e. The number of benzene rings is 1. The van der Waals surface area contributed by atoms with Gasteiger partial charge >= 0.3 is 0 Å². The first-order valence-corrected chi connectivity index (χ1v) is 10.1. The van der Waals surface area contributed by atoms with Crippen LogP contribution in [0.25, 0.3) is 0 Å². The van der Waals surface area contributed by atoms with E-state index in [1.165, 1.54) is 11.3 Å². The van der Waals surface area contributed by atoms with E-state index in [0.717, 1.165) is 38.6 Å². The molecule has 23 heavy (non-hydrogen) atoms. The Morgan fingerprint density at radius 2 is 2.17 bits per heavy atom. The summed E-state index contributed by atoms with van der Waals surface area (Å²) >= 11 is 4.99.